The van der Waals surface area contributed by atoms with Crippen LogP contribution in [0, 0.1) is 17.6 Å². The molecule has 0 saturated carbocycles. The fourth-order valence-corrected chi connectivity index (χ4v) is 1.88. The molecule has 0 aliphatic rings. The third kappa shape index (κ3) is 2.65. The first-order valence-electron chi connectivity index (χ1n) is 5.45. The van der Waals surface area contributed by atoms with E-state index in [1.165, 1.54) is 0 Å². The Balaban J connectivity index is 3.20. The van der Waals surface area contributed by atoms with Gasteiger partial charge in [0.05, 0.1) is 0 Å². The minimum atomic E-state index is -0.555. The molecule has 0 aromatic heterocycles. The van der Waals surface area contributed by atoms with Crippen LogP contribution >= 0.6 is 0 Å². The number of ketones is 1. The fraction of sp³-hybridized carbons (Fsp3) is 0.462. The van der Waals surface area contributed by atoms with E-state index in [2.05, 4.69) is 0 Å². The molecule has 16 heavy (non-hydrogen) atoms. The number of benzene rings is 1. The predicted molar refractivity (Wildman–Crippen MR) is 59.2 cm³/mol. The van der Waals surface area contributed by atoms with Gasteiger partial charge in [0.15, 0.2) is 0 Å². The lowest BCUT2D eigenvalue weighted by Crippen LogP contribution is -2.19. The van der Waals surface area contributed by atoms with Crippen molar-refractivity contribution in [1.29, 1.82) is 0 Å². The minimum Gasteiger partial charge on any atom is -0.299 e. The molecule has 1 aromatic carbocycles. The summed E-state index contributed by atoms with van der Waals surface area (Å²) in [4.78, 5) is 11.7. The summed E-state index contributed by atoms with van der Waals surface area (Å²) in [6.07, 6.45) is 0.332. The number of hydrogen-bond donors (Lipinski definition) is 0. The lowest BCUT2D eigenvalue weighted by molar-refractivity contribution is -0.121. The molecule has 1 unspecified atom stereocenters. The number of halogens is 2. The molecule has 1 aromatic rings. The number of rotatable bonds is 4. The zero-order chi connectivity index (χ0) is 12.3. The van der Waals surface area contributed by atoms with Crippen molar-refractivity contribution in [2.45, 2.75) is 33.1 Å². The number of Topliss-reactive ketones (excluding diaryl/α,β-unsaturated/α-hetero) is 1. The maximum Gasteiger partial charge on any atom is 0.140 e. The van der Waals surface area contributed by atoms with Crippen LogP contribution in [0.25, 0.3) is 0 Å². The third-order valence-corrected chi connectivity index (χ3v) is 2.66. The molecule has 1 atom stereocenters. The van der Waals surface area contributed by atoms with Crippen LogP contribution in [0.15, 0.2) is 18.2 Å². The summed E-state index contributed by atoms with van der Waals surface area (Å²) in [5.74, 6) is -1.67. The fourth-order valence-electron chi connectivity index (χ4n) is 1.88. The number of carbonyl (C=O) groups excluding carboxylic acids is 1. The van der Waals surface area contributed by atoms with Crippen LogP contribution in [0.3, 0.4) is 0 Å². The van der Waals surface area contributed by atoms with Gasteiger partial charge in [-0.1, -0.05) is 20.8 Å². The van der Waals surface area contributed by atoms with Crippen molar-refractivity contribution in [2.24, 2.45) is 5.92 Å². The molecule has 1 nitrogen and oxygen atoms in total. The van der Waals surface area contributed by atoms with Crippen LogP contribution in [0.1, 0.15) is 38.7 Å². The van der Waals surface area contributed by atoms with Crippen molar-refractivity contribution in [3.63, 3.8) is 0 Å². The molecule has 1 rings (SSSR count). The molecule has 0 aliphatic heterocycles. The Hall–Kier alpha value is -1.25. The van der Waals surface area contributed by atoms with E-state index in [0.717, 1.165) is 18.2 Å². The molecule has 0 radical (unpaired) electrons. The Kier molecular flexibility index (Phi) is 4.16. The zero-order valence-electron chi connectivity index (χ0n) is 9.76. The molecule has 0 N–H and O–H groups in total. The first-order valence-corrected chi connectivity index (χ1v) is 5.45. The molecule has 0 heterocycles. The highest BCUT2D eigenvalue weighted by Gasteiger charge is 2.25. The van der Waals surface area contributed by atoms with Gasteiger partial charge in [0.25, 0.3) is 0 Å². The summed E-state index contributed by atoms with van der Waals surface area (Å²) in [5, 5.41) is 0. The first kappa shape index (κ1) is 12.8. The quantitative estimate of drug-likeness (QED) is 0.765. The second-order valence-corrected chi connectivity index (χ2v) is 4.21. The summed E-state index contributed by atoms with van der Waals surface area (Å²) in [6.45, 7) is 5.40. The monoisotopic (exact) mass is 226 g/mol. The topological polar surface area (TPSA) is 17.1 Å². The van der Waals surface area contributed by atoms with E-state index in [4.69, 9.17) is 0 Å². The Morgan fingerprint density at radius 2 is 1.94 bits per heavy atom. The standard InChI is InChI=1S/C13H16F2O/c1-4-12(16)13(8(2)3)10-7-9(14)5-6-11(10)15/h5-8,13H,4H2,1-3H3. The van der Waals surface area contributed by atoms with Crippen molar-refractivity contribution >= 4 is 5.78 Å². The molecule has 0 saturated heterocycles. The Morgan fingerprint density at radius 3 is 2.44 bits per heavy atom. The van der Waals surface area contributed by atoms with Gasteiger partial charge in [-0.05, 0) is 24.1 Å². The van der Waals surface area contributed by atoms with Crippen LogP contribution < -0.4 is 0 Å². The van der Waals surface area contributed by atoms with Crippen LogP contribution in [0.5, 0.6) is 0 Å². The summed E-state index contributed by atoms with van der Waals surface area (Å²) in [7, 11) is 0. The number of carbonyl (C=O) groups is 1. The average Bonchev–Trinajstić information content (AvgIpc) is 2.22. The summed E-state index contributed by atoms with van der Waals surface area (Å²) in [5.41, 5.74) is 0.168. The highest BCUT2D eigenvalue weighted by molar-refractivity contribution is 5.85. The lowest BCUT2D eigenvalue weighted by Gasteiger charge is -2.20. The van der Waals surface area contributed by atoms with Crippen molar-refractivity contribution < 1.29 is 13.6 Å². The molecular formula is C13H16F2O. The highest BCUT2D eigenvalue weighted by atomic mass is 19.1. The number of hydrogen-bond acceptors (Lipinski definition) is 1. The van der Waals surface area contributed by atoms with Crippen molar-refractivity contribution in [2.75, 3.05) is 0 Å². The average molecular weight is 226 g/mol. The molecule has 0 amide bonds. The third-order valence-electron chi connectivity index (χ3n) is 2.66. The molecule has 0 aliphatic carbocycles. The first-order chi connectivity index (χ1) is 7.47. The van der Waals surface area contributed by atoms with E-state index in [1.54, 1.807) is 6.92 Å². The van der Waals surface area contributed by atoms with Crippen molar-refractivity contribution in [1.82, 2.24) is 0 Å². The lowest BCUT2D eigenvalue weighted by atomic mass is 9.83. The second kappa shape index (κ2) is 5.19. The normalized spacial score (nSPS) is 12.9. The Bertz CT molecular complexity index is 386. The van der Waals surface area contributed by atoms with E-state index < -0.39 is 17.6 Å². The van der Waals surface area contributed by atoms with Gasteiger partial charge in [-0.15, -0.1) is 0 Å². The minimum absolute atomic E-state index is 0.0382. The molecule has 0 fully saturated rings. The van der Waals surface area contributed by atoms with E-state index in [9.17, 15) is 13.6 Å². The van der Waals surface area contributed by atoms with E-state index in [0.29, 0.717) is 6.42 Å². The Labute approximate surface area is 94.5 Å². The van der Waals surface area contributed by atoms with Gasteiger partial charge < -0.3 is 0 Å². The van der Waals surface area contributed by atoms with E-state index >= 15 is 0 Å². The van der Waals surface area contributed by atoms with Gasteiger partial charge in [-0.3, -0.25) is 4.79 Å². The van der Waals surface area contributed by atoms with E-state index in [-0.39, 0.29) is 17.3 Å². The predicted octanol–water partition coefficient (Wildman–Crippen LogP) is 3.68. The van der Waals surface area contributed by atoms with Gasteiger partial charge in [0.2, 0.25) is 0 Å². The maximum absolute atomic E-state index is 13.6. The largest absolute Gasteiger partial charge is 0.299 e. The highest BCUT2D eigenvalue weighted by Crippen LogP contribution is 2.29. The summed E-state index contributed by atoms with van der Waals surface area (Å²) in [6, 6.07) is 3.25. The van der Waals surface area contributed by atoms with Crippen LogP contribution in [-0.4, -0.2) is 5.78 Å². The van der Waals surface area contributed by atoms with Gasteiger partial charge in [-0.25, -0.2) is 8.78 Å². The zero-order valence-corrected chi connectivity index (χ0v) is 9.76. The van der Waals surface area contributed by atoms with Crippen molar-refractivity contribution in [3.05, 3.63) is 35.4 Å². The molecule has 3 heteroatoms. The van der Waals surface area contributed by atoms with Crippen LogP contribution in [-0.2, 0) is 4.79 Å². The van der Waals surface area contributed by atoms with Gasteiger partial charge in [0, 0.05) is 17.9 Å². The molecule has 88 valence electrons. The van der Waals surface area contributed by atoms with Crippen LogP contribution in [0.4, 0.5) is 8.78 Å². The molecule has 0 bridgehead atoms. The van der Waals surface area contributed by atoms with Gasteiger partial charge in [-0.2, -0.15) is 0 Å². The van der Waals surface area contributed by atoms with Crippen LogP contribution in [0.2, 0.25) is 0 Å². The molecule has 0 spiro atoms. The Morgan fingerprint density at radius 1 is 1.31 bits per heavy atom. The summed E-state index contributed by atoms with van der Waals surface area (Å²) < 4.78 is 26.6. The molecular weight excluding hydrogens is 210 g/mol. The SMILES string of the molecule is CCC(=O)C(c1cc(F)ccc1F)C(C)C. The van der Waals surface area contributed by atoms with Gasteiger partial charge in [0.1, 0.15) is 17.4 Å². The van der Waals surface area contributed by atoms with Crippen molar-refractivity contribution in [3.8, 4) is 0 Å². The maximum atomic E-state index is 13.6. The second-order valence-electron chi connectivity index (χ2n) is 4.21. The van der Waals surface area contributed by atoms with Gasteiger partial charge >= 0.3 is 0 Å². The smallest absolute Gasteiger partial charge is 0.140 e. The summed E-state index contributed by atoms with van der Waals surface area (Å²) >= 11 is 0. The van der Waals surface area contributed by atoms with E-state index in [1.807, 2.05) is 13.8 Å².